The Hall–Kier alpha value is -2.37. The average Bonchev–Trinajstić information content (AvgIpc) is 3.20. The molecule has 9 nitrogen and oxygen atoms in total. The minimum absolute atomic E-state index is 0. The topological polar surface area (TPSA) is 96.7 Å². The number of nitrogens with one attached hydrogen (secondary N) is 2. The Morgan fingerprint density at radius 3 is 2.97 bits per heavy atom. The van der Waals surface area contributed by atoms with Crippen LogP contribution in [0.25, 0.3) is 0 Å². The number of likely N-dealkylation sites (N-methyl/N-ethyl adjacent to an activating group) is 1. The van der Waals surface area contributed by atoms with Crippen molar-refractivity contribution in [2.24, 2.45) is 4.99 Å². The van der Waals surface area contributed by atoms with Crippen molar-refractivity contribution in [3.63, 3.8) is 0 Å². The second kappa shape index (κ2) is 10.1. The first-order chi connectivity index (χ1) is 14.1. The Kier molecular flexibility index (Phi) is 7.51. The van der Waals surface area contributed by atoms with E-state index in [0.717, 1.165) is 42.9 Å². The Morgan fingerprint density at radius 2 is 2.13 bits per heavy atom. The highest BCUT2D eigenvalue weighted by atomic mass is 127. The standard InChI is InChI=1S/C20H27N7O2.HI/c1-26(2)19(28)11-21-20(24-14-7-8-18-22-13-23-27(18)12-14)25-16-9-10-29-17-6-4-3-5-15(16)17;/h3-6,13-14,16H,7-12H2,1-2H3,(H2,21,24,25);1H. The fourth-order valence-electron chi connectivity index (χ4n) is 3.63. The molecule has 2 atom stereocenters. The third kappa shape index (κ3) is 5.21. The SMILES string of the molecule is CN(C)C(=O)CN=C(NC1CCc2ncnn2C1)NC1CCOc2ccccc21.I. The summed E-state index contributed by atoms with van der Waals surface area (Å²) in [4.78, 5) is 22.5. The Balaban J connectivity index is 0.00000256. The normalized spacial score (nSPS) is 20.1. The van der Waals surface area contributed by atoms with Crippen LogP contribution in [0, 0.1) is 0 Å². The molecule has 1 aromatic heterocycles. The van der Waals surface area contributed by atoms with Crippen LogP contribution in [0.1, 0.15) is 30.3 Å². The van der Waals surface area contributed by atoms with E-state index in [2.05, 4.69) is 31.8 Å². The molecule has 1 aromatic carbocycles. The first kappa shape index (κ1) is 22.3. The lowest BCUT2D eigenvalue weighted by Gasteiger charge is -2.30. The summed E-state index contributed by atoms with van der Waals surface area (Å²) in [6.45, 7) is 1.46. The molecule has 0 bridgehead atoms. The van der Waals surface area contributed by atoms with E-state index < -0.39 is 0 Å². The van der Waals surface area contributed by atoms with Crippen LogP contribution >= 0.6 is 24.0 Å². The van der Waals surface area contributed by atoms with Crippen molar-refractivity contribution < 1.29 is 9.53 Å². The molecular weight excluding hydrogens is 497 g/mol. The Labute approximate surface area is 193 Å². The van der Waals surface area contributed by atoms with Crippen LogP contribution in [0.2, 0.25) is 0 Å². The van der Waals surface area contributed by atoms with Crippen molar-refractivity contribution in [3.8, 4) is 5.75 Å². The zero-order valence-corrected chi connectivity index (χ0v) is 19.6. The van der Waals surface area contributed by atoms with Gasteiger partial charge in [0.1, 0.15) is 24.4 Å². The molecule has 2 unspecified atom stereocenters. The molecule has 10 heteroatoms. The lowest BCUT2D eigenvalue weighted by Crippen LogP contribution is -2.49. The van der Waals surface area contributed by atoms with Gasteiger partial charge in [-0.05, 0) is 12.5 Å². The molecular formula is C20H28IN7O2. The maximum absolute atomic E-state index is 12.1. The number of guanidine groups is 1. The summed E-state index contributed by atoms with van der Waals surface area (Å²) in [6, 6.07) is 8.27. The van der Waals surface area contributed by atoms with Gasteiger partial charge in [0, 0.05) is 38.5 Å². The molecule has 4 rings (SSSR count). The molecule has 162 valence electrons. The molecule has 0 aliphatic carbocycles. The van der Waals surface area contributed by atoms with Crippen molar-refractivity contribution in [2.45, 2.75) is 37.9 Å². The van der Waals surface area contributed by atoms with Gasteiger partial charge in [0.15, 0.2) is 5.96 Å². The van der Waals surface area contributed by atoms with Gasteiger partial charge in [-0.3, -0.25) is 4.79 Å². The third-order valence-electron chi connectivity index (χ3n) is 5.29. The fraction of sp³-hybridized carbons (Fsp3) is 0.500. The lowest BCUT2D eigenvalue weighted by atomic mass is 10.0. The number of carbonyl (C=O) groups excluding carboxylic acids is 1. The third-order valence-corrected chi connectivity index (χ3v) is 5.29. The van der Waals surface area contributed by atoms with Gasteiger partial charge in [-0.2, -0.15) is 5.10 Å². The summed E-state index contributed by atoms with van der Waals surface area (Å²) in [6.07, 6.45) is 4.23. The van der Waals surface area contributed by atoms with Crippen LogP contribution < -0.4 is 15.4 Å². The van der Waals surface area contributed by atoms with Gasteiger partial charge in [-0.25, -0.2) is 14.7 Å². The number of aryl methyl sites for hydroxylation is 1. The van der Waals surface area contributed by atoms with Crippen molar-refractivity contribution in [2.75, 3.05) is 27.2 Å². The largest absolute Gasteiger partial charge is 0.493 e. The minimum Gasteiger partial charge on any atom is -0.493 e. The van der Waals surface area contributed by atoms with Gasteiger partial charge in [-0.15, -0.1) is 24.0 Å². The number of amides is 1. The summed E-state index contributed by atoms with van der Waals surface area (Å²) in [7, 11) is 3.47. The maximum Gasteiger partial charge on any atom is 0.243 e. The van der Waals surface area contributed by atoms with E-state index >= 15 is 0 Å². The zero-order valence-electron chi connectivity index (χ0n) is 17.2. The van der Waals surface area contributed by atoms with E-state index in [4.69, 9.17) is 4.74 Å². The number of fused-ring (bicyclic) bond motifs is 2. The van der Waals surface area contributed by atoms with E-state index in [-0.39, 0.29) is 48.5 Å². The van der Waals surface area contributed by atoms with Gasteiger partial charge in [-0.1, -0.05) is 18.2 Å². The van der Waals surface area contributed by atoms with Gasteiger partial charge in [0.25, 0.3) is 0 Å². The van der Waals surface area contributed by atoms with Gasteiger partial charge in [0.2, 0.25) is 5.91 Å². The molecule has 2 aliphatic rings. The van der Waals surface area contributed by atoms with Gasteiger partial charge in [0.05, 0.1) is 19.2 Å². The van der Waals surface area contributed by atoms with E-state index in [1.807, 2.05) is 22.9 Å². The minimum atomic E-state index is -0.0410. The summed E-state index contributed by atoms with van der Waals surface area (Å²) < 4.78 is 7.69. The van der Waals surface area contributed by atoms with Crippen LogP contribution in [0.15, 0.2) is 35.6 Å². The molecule has 0 saturated heterocycles. The number of ether oxygens (including phenoxy) is 1. The first-order valence-corrected chi connectivity index (χ1v) is 9.96. The summed E-state index contributed by atoms with van der Waals surface area (Å²) in [5.41, 5.74) is 1.11. The van der Waals surface area contributed by atoms with Gasteiger partial charge < -0.3 is 20.3 Å². The average molecular weight is 525 g/mol. The van der Waals surface area contributed by atoms with Crippen molar-refractivity contribution >= 4 is 35.8 Å². The number of nitrogens with zero attached hydrogens (tertiary/aromatic N) is 5. The van der Waals surface area contributed by atoms with Crippen LogP contribution in [0.4, 0.5) is 0 Å². The molecule has 0 saturated carbocycles. The monoisotopic (exact) mass is 525 g/mol. The van der Waals surface area contributed by atoms with Crippen molar-refractivity contribution in [1.82, 2.24) is 30.3 Å². The number of benzene rings is 1. The molecule has 0 radical (unpaired) electrons. The van der Waals surface area contributed by atoms with Gasteiger partial charge >= 0.3 is 0 Å². The summed E-state index contributed by atoms with van der Waals surface area (Å²) >= 11 is 0. The van der Waals surface area contributed by atoms with E-state index in [9.17, 15) is 4.79 Å². The van der Waals surface area contributed by atoms with Crippen LogP contribution in [0.3, 0.4) is 0 Å². The molecule has 2 aliphatic heterocycles. The highest BCUT2D eigenvalue weighted by molar-refractivity contribution is 14.0. The number of aliphatic imine (C=N–C) groups is 1. The molecule has 1 amide bonds. The van der Waals surface area contributed by atoms with E-state index in [0.29, 0.717) is 12.6 Å². The molecule has 3 heterocycles. The van der Waals surface area contributed by atoms with Crippen molar-refractivity contribution in [3.05, 3.63) is 42.0 Å². The van der Waals surface area contributed by atoms with E-state index in [1.54, 1.807) is 25.3 Å². The second-order valence-corrected chi connectivity index (χ2v) is 7.56. The molecule has 0 fully saturated rings. The predicted molar refractivity (Wildman–Crippen MR) is 124 cm³/mol. The predicted octanol–water partition coefficient (Wildman–Crippen LogP) is 1.36. The highest BCUT2D eigenvalue weighted by Crippen LogP contribution is 2.31. The number of hydrogen-bond donors (Lipinski definition) is 2. The van der Waals surface area contributed by atoms with Crippen LogP contribution in [0.5, 0.6) is 5.75 Å². The lowest BCUT2D eigenvalue weighted by molar-refractivity contribution is -0.127. The number of para-hydroxylation sites is 1. The quantitative estimate of drug-likeness (QED) is 0.356. The molecule has 0 spiro atoms. The smallest absolute Gasteiger partial charge is 0.243 e. The Bertz CT molecular complexity index is 899. The second-order valence-electron chi connectivity index (χ2n) is 7.56. The molecule has 2 N–H and O–H groups in total. The molecule has 30 heavy (non-hydrogen) atoms. The van der Waals surface area contributed by atoms with Crippen LogP contribution in [-0.2, 0) is 17.8 Å². The number of carbonyl (C=O) groups is 1. The summed E-state index contributed by atoms with van der Waals surface area (Å²) in [5.74, 6) is 2.50. The molecule has 2 aromatic rings. The summed E-state index contributed by atoms with van der Waals surface area (Å²) in [5, 5.41) is 11.3. The number of hydrogen-bond acceptors (Lipinski definition) is 5. The first-order valence-electron chi connectivity index (χ1n) is 9.96. The Morgan fingerprint density at radius 1 is 1.30 bits per heavy atom. The zero-order chi connectivity index (χ0) is 20.2. The number of aromatic nitrogens is 3. The highest BCUT2D eigenvalue weighted by Gasteiger charge is 2.25. The number of rotatable bonds is 4. The fourth-order valence-corrected chi connectivity index (χ4v) is 3.63. The van der Waals surface area contributed by atoms with Crippen LogP contribution in [-0.4, -0.2) is 64.8 Å². The van der Waals surface area contributed by atoms with Crippen molar-refractivity contribution in [1.29, 1.82) is 0 Å². The maximum atomic E-state index is 12.1. The number of halogens is 1. The van der Waals surface area contributed by atoms with E-state index in [1.165, 1.54) is 0 Å².